The molecule has 0 saturated heterocycles. The highest BCUT2D eigenvalue weighted by atomic mass is 32.1. The molecule has 0 amide bonds. The number of carbonyl (C=O) groups is 1. The number of nitrogens with one attached hydrogen (secondary N) is 1. The number of hydrogen-bond donors (Lipinski definition) is 2. The maximum atomic E-state index is 10.9. The van der Waals surface area contributed by atoms with Crippen molar-refractivity contribution in [1.82, 2.24) is 0 Å². The molecule has 0 aliphatic carbocycles. The predicted octanol–water partition coefficient (Wildman–Crippen LogP) is 3.98. The van der Waals surface area contributed by atoms with Gasteiger partial charge in [-0.2, -0.15) is 0 Å². The molecule has 2 N–H and O–H groups in total. The zero-order valence-electron chi connectivity index (χ0n) is 11.3. The van der Waals surface area contributed by atoms with Gasteiger partial charge in [-0.15, -0.1) is 11.3 Å². The lowest BCUT2D eigenvalue weighted by molar-refractivity contribution is 0.0702. The second-order valence-corrected chi connectivity index (χ2v) is 5.91. The van der Waals surface area contributed by atoms with Crippen molar-refractivity contribution < 1.29 is 9.90 Å². The van der Waals surface area contributed by atoms with Gasteiger partial charge in [0.1, 0.15) is 4.88 Å². The van der Waals surface area contributed by atoms with Crippen LogP contribution in [0.5, 0.6) is 0 Å². The Morgan fingerprint density at radius 2 is 1.95 bits per heavy atom. The molecule has 0 atom stereocenters. The van der Waals surface area contributed by atoms with Crippen LogP contribution in [0.2, 0.25) is 0 Å². The molecule has 0 radical (unpaired) electrons. The largest absolute Gasteiger partial charge is 0.477 e. The van der Waals surface area contributed by atoms with Crippen molar-refractivity contribution in [1.29, 1.82) is 0 Å². The Labute approximate surface area is 116 Å². The molecule has 19 heavy (non-hydrogen) atoms. The zero-order valence-corrected chi connectivity index (χ0v) is 12.1. The summed E-state index contributed by atoms with van der Waals surface area (Å²) < 4.78 is 0. The molecule has 0 bridgehead atoms. The molecule has 1 aromatic heterocycles. The minimum atomic E-state index is -0.856. The number of carboxylic acids is 1. The van der Waals surface area contributed by atoms with Gasteiger partial charge in [0.2, 0.25) is 0 Å². The summed E-state index contributed by atoms with van der Waals surface area (Å²) in [5, 5.41) is 12.3. The van der Waals surface area contributed by atoms with Crippen molar-refractivity contribution >= 4 is 23.0 Å². The van der Waals surface area contributed by atoms with Crippen LogP contribution in [0.25, 0.3) is 0 Å². The van der Waals surface area contributed by atoms with Crippen molar-refractivity contribution in [2.24, 2.45) is 0 Å². The molecule has 1 heterocycles. The highest BCUT2D eigenvalue weighted by molar-refractivity contribution is 7.14. The Morgan fingerprint density at radius 3 is 2.53 bits per heavy atom. The van der Waals surface area contributed by atoms with Crippen LogP contribution in [0, 0.1) is 20.8 Å². The van der Waals surface area contributed by atoms with Crippen LogP contribution in [0.4, 0.5) is 5.69 Å². The van der Waals surface area contributed by atoms with Gasteiger partial charge in [-0.05, 0) is 55.7 Å². The summed E-state index contributed by atoms with van der Waals surface area (Å²) in [5.41, 5.74) is 4.62. The number of rotatable bonds is 4. The van der Waals surface area contributed by atoms with E-state index in [2.05, 4.69) is 31.3 Å². The Bertz CT molecular complexity index is 617. The van der Waals surface area contributed by atoms with E-state index in [0.29, 0.717) is 11.4 Å². The first-order chi connectivity index (χ1) is 8.97. The summed E-state index contributed by atoms with van der Waals surface area (Å²) in [7, 11) is 0. The number of aromatic carboxylic acids is 1. The lowest BCUT2D eigenvalue weighted by Gasteiger charge is -2.08. The van der Waals surface area contributed by atoms with Gasteiger partial charge in [0.15, 0.2) is 0 Å². The molecule has 4 heteroatoms. The van der Waals surface area contributed by atoms with E-state index >= 15 is 0 Å². The average Bonchev–Trinajstić information content (AvgIpc) is 2.73. The minimum Gasteiger partial charge on any atom is -0.477 e. The van der Waals surface area contributed by atoms with E-state index in [1.165, 1.54) is 22.5 Å². The summed E-state index contributed by atoms with van der Waals surface area (Å²) >= 11 is 1.32. The van der Waals surface area contributed by atoms with E-state index in [1.54, 1.807) is 6.07 Å². The first kappa shape index (κ1) is 13.6. The summed E-state index contributed by atoms with van der Waals surface area (Å²) in [6, 6.07) is 7.98. The molecule has 0 fully saturated rings. The van der Waals surface area contributed by atoms with Gasteiger partial charge in [0.05, 0.1) is 0 Å². The average molecular weight is 275 g/mol. The summed E-state index contributed by atoms with van der Waals surface area (Å²) in [5.74, 6) is -0.856. The molecule has 0 unspecified atom stereocenters. The summed E-state index contributed by atoms with van der Waals surface area (Å²) in [4.78, 5) is 12.4. The quantitative estimate of drug-likeness (QED) is 0.887. The second-order valence-electron chi connectivity index (χ2n) is 4.65. The van der Waals surface area contributed by atoms with Gasteiger partial charge < -0.3 is 10.4 Å². The molecule has 0 saturated carbocycles. The standard InChI is InChI=1S/C15H17NO2S/c1-9-4-5-13(6-10(9)2)16-8-12-7-14(15(17)18)19-11(12)3/h4-7,16H,8H2,1-3H3,(H,17,18). The van der Waals surface area contributed by atoms with Crippen LogP contribution in [0.3, 0.4) is 0 Å². The third kappa shape index (κ3) is 3.15. The van der Waals surface area contributed by atoms with Crippen LogP contribution < -0.4 is 5.32 Å². The molecule has 3 nitrogen and oxygen atoms in total. The number of anilines is 1. The SMILES string of the molecule is Cc1ccc(NCc2cc(C(=O)O)sc2C)cc1C. The minimum absolute atomic E-state index is 0.398. The first-order valence-electron chi connectivity index (χ1n) is 6.11. The van der Waals surface area contributed by atoms with E-state index in [0.717, 1.165) is 16.1 Å². The van der Waals surface area contributed by atoms with Gasteiger partial charge in [-0.3, -0.25) is 0 Å². The zero-order chi connectivity index (χ0) is 14.0. The molecular weight excluding hydrogens is 258 g/mol. The van der Waals surface area contributed by atoms with Crippen LogP contribution in [0.1, 0.15) is 31.2 Å². The van der Waals surface area contributed by atoms with Crippen LogP contribution in [0.15, 0.2) is 24.3 Å². The van der Waals surface area contributed by atoms with Crippen LogP contribution >= 0.6 is 11.3 Å². The third-order valence-electron chi connectivity index (χ3n) is 3.22. The van der Waals surface area contributed by atoms with E-state index in [4.69, 9.17) is 5.11 Å². The monoisotopic (exact) mass is 275 g/mol. The van der Waals surface area contributed by atoms with Crippen molar-refractivity contribution in [3.05, 3.63) is 50.7 Å². The van der Waals surface area contributed by atoms with Gasteiger partial charge in [0.25, 0.3) is 0 Å². The Balaban J connectivity index is 2.09. The Kier molecular flexibility index (Phi) is 3.90. The van der Waals surface area contributed by atoms with E-state index in [-0.39, 0.29) is 0 Å². The second kappa shape index (κ2) is 5.45. The van der Waals surface area contributed by atoms with Crippen LogP contribution in [-0.4, -0.2) is 11.1 Å². The molecular formula is C15H17NO2S. The summed E-state index contributed by atoms with van der Waals surface area (Å²) in [6.07, 6.45) is 0. The number of aryl methyl sites for hydroxylation is 3. The van der Waals surface area contributed by atoms with E-state index in [9.17, 15) is 4.79 Å². The fourth-order valence-electron chi connectivity index (χ4n) is 1.85. The Hall–Kier alpha value is -1.81. The molecule has 1 aromatic carbocycles. The first-order valence-corrected chi connectivity index (χ1v) is 6.92. The number of benzene rings is 1. The number of carboxylic acid groups (broad SMARTS) is 1. The van der Waals surface area contributed by atoms with Crippen molar-refractivity contribution in [2.75, 3.05) is 5.32 Å². The van der Waals surface area contributed by atoms with Crippen LogP contribution in [-0.2, 0) is 6.54 Å². The molecule has 2 rings (SSSR count). The van der Waals surface area contributed by atoms with Crippen molar-refractivity contribution in [2.45, 2.75) is 27.3 Å². The molecule has 0 aliphatic heterocycles. The smallest absolute Gasteiger partial charge is 0.345 e. The van der Waals surface area contributed by atoms with Gasteiger partial charge in [0, 0.05) is 17.1 Å². The lowest BCUT2D eigenvalue weighted by atomic mass is 10.1. The maximum absolute atomic E-state index is 10.9. The fourth-order valence-corrected chi connectivity index (χ4v) is 2.73. The molecule has 0 spiro atoms. The molecule has 2 aromatic rings. The van der Waals surface area contributed by atoms with Crippen molar-refractivity contribution in [3.8, 4) is 0 Å². The molecule has 100 valence electrons. The predicted molar refractivity (Wildman–Crippen MR) is 79.3 cm³/mol. The Morgan fingerprint density at radius 1 is 1.21 bits per heavy atom. The van der Waals surface area contributed by atoms with Gasteiger partial charge in [-0.1, -0.05) is 6.07 Å². The lowest BCUT2D eigenvalue weighted by Crippen LogP contribution is -2.00. The fraction of sp³-hybridized carbons (Fsp3) is 0.267. The van der Waals surface area contributed by atoms with Gasteiger partial charge in [-0.25, -0.2) is 4.79 Å². The third-order valence-corrected chi connectivity index (χ3v) is 4.30. The number of thiophene rings is 1. The summed E-state index contributed by atoms with van der Waals surface area (Å²) in [6.45, 7) is 6.77. The maximum Gasteiger partial charge on any atom is 0.345 e. The molecule has 0 aliphatic rings. The normalized spacial score (nSPS) is 10.5. The topological polar surface area (TPSA) is 49.3 Å². The van der Waals surface area contributed by atoms with E-state index in [1.807, 2.05) is 13.0 Å². The highest BCUT2D eigenvalue weighted by Crippen LogP contribution is 2.23. The number of hydrogen-bond acceptors (Lipinski definition) is 3. The van der Waals surface area contributed by atoms with E-state index < -0.39 is 5.97 Å². The van der Waals surface area contributed by atoms with Gasteiger partial charge >= 0.3 is 5.97 Å². The highest BCUT2D eigenvalue weighted by Gasteiger charge is 2.10. The van der Waals surface area contributed by atoms with Crippen molar-refractivity contribution in [3.63, 3.8) is 0 Å².